The lowest BCUT2D eigenvalue weighted by atomic mass is 10.1. The summed E-state index contributed by atoms with van der Waals surface area (Å²) in [6, 6.07) is 0. The molecule has 1 fully saturated rings. The van der Waals surface area contributed by atoms with Gasteiger partial charge in [0.15, 0.2) is 0 Å². The summed E-state index contributed by atoms with van der Waals surface area (Å²) in [4.78, 5) is 16.9. The average molecular weight is 181 g/mol. The Morgan fingerprint density at radius 2 is 2.27 bits per heavy atom. The third-order valence-corrected chi connectivity index (χ3v) is 2.11. The number of hydrogen-bond acceptors (Lipinski definition) is 3. The van der Waals surface area contributed by atoms with E-state index in [1.807, 2.05) is 0 Å². The second-order valence-corrected chi connectivity index (χ2v) is 3.76. The molecule has 0 aromatic rings. The van der Waals surface area contributed by atoms with E-state index in [1.165, 1.54) is 0 Å². The van der Waals surface area contributed by atoms with Gasteiger partial charge >= 0.3 is 7.82 Å². The standard InChI is InChI=1S/C5H12NO4P/c7-11(8,9)10-5-2-1-3-6-4-5/h5-6H,1-4H2,(H2,7,8,9). The predicted octanol–water partition coefficient (Wildman–Crippen LogP) is -0.152. The molecule has 0 aromatic heterocycles. The summed E-state index contributed by atoms with van der Waals surface area (Å²) >= 11 is 0. The van der Waals surface area contributed by atoms with Gasteiger partial charge in [-0.1, -0.05) is 0 Å². The van der Waals surface area contributed by atoms with E-state index in [0.717, 1.165) is 19.4 Å². The molecule has 0 amide bonds. The fraction of sp³-hybridized carbons (Fsp3) is 1.00. The van der Waals surface area contributed by atoms with E-state index in [0.29, 0.717) is 6.54 Å². The molecular formula is C5H12NO4P. The summed E-state index contributed by atoms with van der Waals surface area (Å²) in [6.45, 7) is 1.44. The number of piperidine rings is 1. The van der Waals surface area contributed by atoms with Crippen molar-refractivity contribution in [1.82, 2.24) is 5.32 Å². The molecule has 6 heteroatoms. The van der Waals surface area contributed by atoms with Crippen molar-refractivity contribution in [3.63, 3.8) is 0 Å². The zero-order chi connectivity index (χ0) is 8.32. The van der Waals surface area contributed by atoms with Crippen molar-refractivity contribution < 1.29 is 18.9 Å². The highest BCUT2D eigenvalue weighted by Crippen LogP contribution is 2.38. The van der Waals surface area contributed by atoms with Gasteiger partial charge in [0, 0.05) is 6.54 Å². The van der Waals surface area contributed by atoms with Gasteiger partial charge in [0.2, 0.25) is 0 Å². The van der Waals surface area contributed by atoms with E-state index in [-0.39, 0.29) is 6.10 Å². The molecule has 1 aliphatic rings. The fourth-order valence-electron chi connectivity index (χ4n) is 1.10. The van der Waals surface area contributed by atoms with Gasteiger partial charge < -0.3 is 15.1 Å². The largest absolute Gasteiger partial charge is 0.469 e. The highest BCUT2D eigenvalue weighted by atomic mass is 31.2. The quantitative estimate of drug-likeness (QED) is 0.516. The summed E-state index contributed by atoms with van der Waals surface area (Å²) in [5, 5.41) is 2.99. The first-order valence-electron chi connectivity index (χ1n) is 3.52. The number of rotatable bonds is 2. The summed E-state index contributed by atoms with van der Waals surface area (Å²) < 4.78 is 14.8. The SMILES string of the molecule is O=P(O)(O)OC1CCCNC1. The second-order valence-electron chi connectivity index (χ2n) is 2.56. The van der Waals surface area contributed by atoms with Crippen LogP contribution >= 0.6 is 7.82 Å². The van der Waals surface area contributed by atoms with E-state index in [2.05, 4.69) is 9.84 Å². The smallest absolute Gasteiger partial charge is 0.314 e. The van der Waals surface area contributed by atoms with Gasteiger partial charge in [0.25, 0.3) is 0 Å². The predicted molar refractivity (Wildman–Crippen MR) is 39.0 cm³/mol. The van der Waals surface area contributed by atoms with Gasteiger partial charge in [0.05, 0.1) is 6.10 Å². The van der Waals surface area contributed by atoms with Gasteiger partial charge in [-0.2, -0.15) is 0 Å². The van der Waals surface area contributed by atoms with E-state index in [9.17, 15) is 4.57 Å². The maximum absolute atomic E-state index is 10.3. The summed E-state index contributed by atoms with van der Waals surface area (Å²) in [5.41, 5.74) is 0. The van der Waals surface area contributed by atoms with E-state index in [4.69, 9.17) is 9.79 Å². The fourth-order valence-corrected chi connectivity index (χ4v) is 1.67. The van der Waals surface area contributed by atoms with Crippen LogP contribution in [0, 0.1) is 0 Å². The van der Waals surface area contributed by atoms with Crippen molar-refractivity contribution >= 4 is 7.82 Å². The first-order chi connectivity index (χ1) is 5.08. The monoisotopic (exact) mass is 181 g/mol. The Hall–Kier alpha value is 0.0700. The van der Waals surface area contributed by atoms with Crippen molar-refractivity contribution in [1.29, 1.82) is 0 Å². The Bertz CT molecular complexity index is 162. The van der Waals surface area contributed by atoms with Crippen LogP contribution in [0.4, 0.5) is 0 Å². The highest BCUT2D eigenvalue weighted by molar-refractivity contribution is 7.46. The Labute approximate surface area is 65.0 Å². The number of nitrogens with one attached hydrogen (secondary N) is 1. The van der Waals surface area contributed by atoms with Crippen LogP contribution in [-0.4, -0.2) is 29.0 Å². The second kappa shape index (κ2) is 3.65. The van der Waals surface area contributed by atoms with E-state index in [1.54, 1.807) is 0 Å². The zero-order valence-electron chi connectivity index (χ0n) is 6.06. The molecule has 0 spiro atoms. The normalized spacial score (nSPS) is 26.9. The number of hydrogen-bond donors (Lipinski definition) is 3. The molecule has 0 saturated carbocycles. The van der Waals surface area contributed by atoms with Crippen molar-refractivity contribution in [3.05, 3.63) is 0 Å². The Morgan fingerprint density at radius 3 is 2.73 bits per heavy atom. The topological polar surface area (TPSA) is 78.8 Å². The Morgan fingerprint density at radius 1 is 1.55 bits per heavy atom. The molecule has 1 rings (SSSR count). The van der Waals surface area contributed by atoms with Crippen LogP contribution in [0.25, 0.3) is 0 Å². The molecule has 1 unspecified atom stereocenters. The summed E-state index contributed by atoms with van der Waals surface area (Å²) in [7, 11) is -4.27. The van der Waals surface area contributed by atoms with Crippen LogP contribution in [0.2, 0.25) is 0 Å². The zero-order valence-corrected chi connectivity index (χ0v) is 6.96. The molecule has 3 N–H and O–H groups in total. The van der Waals surface area contributed by atoms with Crippen LogP contribution in [0.3, 0.4) is 0 Å². The average Bonchev–Trinajstić information content (AvgIpc) is 1.85. The molecule has 0 radical (unpaired) electrons. The number of phosphoric ester groups is 1. The van der Waals surface area contributed by atoms with Gasteiger partial charge in [-0.05, 0) is 19.4 Å². The van der Waals surface area contributed by atoms with E-state index >= 15 is 0 Å². The van der Waals surface area contributed by atoms with Crippen molar-refractivity contribution in [2.45, 2.75) is 18.9 Å². The molecular weight excluding hydrogens is 169 g/mol. The molecule has 0 aromatic carbocycles. The molecule has 1 aliphatic heterocycles. The molecule has 0 aliphatic carbocycles. The minimum Gasteiger partial charge on any atom is -0.314 e. The van der Waals surface area contributed by atoms with Gasteiger partial charge in [-0.15, -0.1) is 0 Å². The van der Waals surface area contributed by atoms with Crippen molar-refractivity contribution in [2.75, 3.05) is 13.1 Å². The van der Waals surface area contributed by atoms with Gasteiger partial charge in [-0.25, -0.2) is 4.57 Å². The Balaban J connectivity index is 2.30. The third-order valence-electron chi connectivity index (χ3n) is 1.54. The van der Waals surface area contributed by atoms with Crippen molar-refractivity contribution in [2.24, 2.45) is 0 Å². The molecule has 0 bridgehead atoms. The molecule has 1 saturated heterocycles. The minimum atomic E-state index is -4.27. The summed E-state index contributed by atoms with van der Waals surface area (Å²) in [6.07, 6.45) is 1.30. The molecule has 1 atom stereocenters. The van der Waals surface area contributed by atoms with Crippen molar-refractivity contribution in [3.8, 4) is 0 Å². The van der Waals surface area contributed by atoms with Gasteiger partial charge in [0.1, 0.15) is 0 Å². The molecule has 5 nitrogen and oxygen atoms in total. The van der Waals surface area contributed by atoms with Crippen LogP contribution in [0.5, 0.6) is 0 Å². The van der Waals surface area contributed by atoms with Crippen LogP contribution < -0.4 is 5.32 Å². The van der Waals surface area contributed by atoms with Crippen LogP contribution in [0.1, 0.15) is 12.8 Å². The molecule has 66 valence electrons. The third kappa shape index (κ3) is 3.84. The lowest BCUT2D eigenvalue weighted by molar-refractivity contribution is 0.113. The highest BCUT2D eigenvalue weighted by Gasteiger charge is 2.23. The molecule has 1 heterocycles. The minimum absolute atomic E-state index is 0.329. The first kappa shape index (κ1) is 9.16. The first-order valence-corrected chi connectivity index (χ1v) is 5.05. The van der Waals surface area contributed by atoms with Crippen LogP contribution in [-0.2, 0) is 9.09 Å². The number of phosphoric acid groups is 1. The van der Waals surface area contributed by atoms with Gasteiger partial charge in [-0.3, -0.25) is 4.52 Å². The van der Waals surface area contributed by atoms with Crippen LogP contribution in [0.15, 0.2) is 0 Å². The Kier molecular flexibility index (Phi) is 3.04. The maximum atomic E-state index is 10.3. The molecule has 11 heavy (non-hydrogen) atoms. The maximum Gasteiger partial charge on any atom is 0.469 e. The summed E-state index contributed by atoms with van der Waals surface area (Å²) in [5.74, 6) is 0. The van der Waals surface area contributed by atoms with E-state index < -0.39 is 7.82 Å². The lowest BCUT2D eigenvalue weighted by Crippen LogP contribution is -2.34. The lowest BCUT2D eigenvalue weighted by Gasteiger charge is -2.22.